The number of sulfone groups is 1. The zero-order valence-corrected chi connectivity index (χ0v) is 14.7. The Kier molecular flexibility index (Phi) is 4.43. The van der Waals surface area contributed by atoms with Gasteiger partial charge in [0, 0.05) is 5.56 Å². The van der Waals surface area contributed by atoms with Crippen molar-refractivity contribution in [2.75, 3.05) is 0 Å². The Balaban J connectivity index is 2.07. The Morgan fingerprint density at radius 1 is 1.04 bits per heavy atom. The lowest BCUT2D eigenvalue weighted by atomic mass is 10.1. The van der Waals surface area contributed by atoms with E-state index in [9.17, 15) is 13.7 Å². The van der Waals surface area contributed by atoms with Crippen molar-refractivity contribution in [3.05, 3.63) is 70.9 Å². The van der Waals surface area contributed by atoms with Gasteiger partial charge in [0.2, 0.25) is 15.7 Å². The molecule has 0 fully saturated rings. The number of nitriles is 1. The molecule has 1 aromatic heterocycles. The quantitative estimate of drug-likeness (QED) is 0.713. The van der Waals surface area contributed by atoms with Crippen LogP contribution in [-0.2, 0) is 15.6 Å². The van der Waals surface area contributed by atoms with Gasteiger partial charge in [0.1, 0.15) is 6.07 Å². The Morgan fingerprint density at radius 2 is 1.68 bits per heavy atom. The number of aryl methyl sites for hydroxylation is 2. The molecule has 0 spiro atoms. The summed E-state index contributed by atoms with van der Waals surface area (Å²) in [5.41, 5.74) is 2.86. The highest BCUT2D eigenvalue weighted by atomic mass is 32.2. The summed E-state index contributed by atoms with van der Waals surface area (Å²) in [5, 5.41) is 8.92. The molecule has 0 amide bonds. The van der Waals surface area contributed by atoms with Crippen molar-refractivity contribution in [2.45, 2.75) is 24.7 Å². The van der Waals surface area contributed by atoms with Gasteiger partial charge in [-0.2, -0.15) is 10.2 Å². The maximum atomic E-state index is 12.8. The van der Waals surface area contributed by atoms with Gasteiger partial charge >= 0.3 is 0 Å². The number of oxazole rings is 1. The maximum absolute atomic E-state index is 12.8. The number of hydrogen-bond donors (Lipinski definition) is 0. The molecule has 0 aliphatic rings. The Morgan fingerprint density at radius 3 is 2.32 bits per heavy atom. The molecule has 0 aliphatic heterocycles. The number of nitrogens with zero attached hydrogens (tertiary/aromatic N) is 2. The summed E-state index contributed by atoms with van der Waals surface area (Å²) in [5.74, 6) is -0.102. The number of rotatable bonds is 4. The van der Waals surface area contributed by atoms with Gasteiger partial charge < -0.3 is 4.42 Å². The van der Waals surface area contributed by atoms with Crippen molar-refractivity contribution in [1.82, 2.24) is 4.98 Å². The van der Waals surface area contributed by atoms with Crippen LogP contribution in [0.3, 0.4) is 0 Å². The summed E-state index contributed by atoms with van der Waals surface area (Å²) in [6, 6.07) is 16.4. The minimum absolute atomic E-state index is 0.137. The van der Waals surface area contributed by atoms with E-state index in [2.05, 4.69) is 4.98 Å². The standard InChI is InChI=1S/C19H16N2O3S/c1-13-7-3-5-9-15(13)12-25(22,23)19-17(11-20)21-18(24-19)16-10-6-4-8-14(16)2/h3-10H,12H2,1-2H3. The van der Waals surface area contributed by atoms with E-state index in [-0.39, 0.29) is 22.4 Å². The zero-order valence-electron chi connectivity index (χ0n) is 13.9. The van der Waals surface area contributed by atoms with E-state index >= 15 is 0 Å². The van der Waals surface area contributed by atoms with Gasteiger partial charge in [-0.1, -0.05) is 42.5 Å². The Hall–Kier alpha value is -2.91. The summed E-state index contributed by atoms with van der Waals surface area (Å²) < 4.78 is 31.1. The molecule has 6 heteroatoms. The zero-order chi connectivity index (χ0) is 18.0. The number of benzene rings is 2. The highest BCUT2D eigenvalue weighted by molar-refractivity contribution is 7.90. The molecule has 0 unspecified atom stereocenters. The molecule has 3 aromatic rings. The van der Waals surface area contributed by atoms with Crippen LogP contribution in [0.1, 0.15) is 22.4 Å². The van der Waals surface area contributed by atoms with Crippen molar-refractivity contribution in [1.29, 1.82) is 5.26 Å². The molecule has 0 N–H and O–H groups in total. The van der Waals surface area contributed by atoms with Gasteiger partial charge in [-0.25, -0.2) is 8.42 Å². The van der Waals surface area contributed by atoms with Crippen LogP contribution in [0.4, 0.5) is 0 Å². The topological polar surface area (TPSA) is 84.0 Å². The summed E-state index contributed by atoms with van der Waals surface area (Å²) in [7, 11) is -3.83. The minimum atomic E-state index is -3.83. The number of aromatic nitrogens is 1. The maximum Gasteiger partial charge on any atom is 0.257 e. The van der Waals surface area contributed by atoms with E-state index in [0.29, 0.717) is 11.1 Å². The van der Waals surface area contributed by atoms with Gasteiger partial charge in [-0.15, -0.1) is 0 Å². The van der Waals surface area contributed by atoms with Crippen molar-refractivity contribution in [2.24, 2.45) is 0 Å². The third-order valence-electron chi connectivity index (χ3n) is 3.97. The molecule has 0 radical (unpaired) electrons. The molecule has 0 bridgehead atoms. The summed E-state index contributed by atoms with van der Waals surface area (Å²) in [6.07, 6.45) is 0. The van der Waals surface area contributed by atoms with Crippen LogP contribution >= 0.6 is 0 Å². The Labute approximate surface area is 146 Å². The van der Waals surface area contributed by atoms with Crippen molar-refractivity contribution in [3.8, 4) is 17.5 Å². The first kappa shape index (κ1) is 16.9. The molecule has 0 aliphatic carbocycles. The lowest BCUT2D eigenvalue weighted by Gasteiger charge is -2.05. The fourth-order valence-electron chi connectivity index (χ4n) is 2.56. The average molecular weight is 352 g/mol. The molecule has 5 nitrogen and oxygen atoms in total. The molecule has 0 saturated carbocycles. The van der Waals surface area contributed by atoms with E-state index in [1.807, 2.05) is 44.2 Å². The van der Waals surface area contributed by atoms with Crippen molar-refractivity contribution >= 4 is 9.84 Å². The normalized spacial score (nSPS) is 11.2. The van der Waals surface area contributed by atoms with Gasteiger partial charge in [0.25, 0.3) is 5.09 Å². The number of hydrogen-bond acceptors (Lipinski definition) is 5. The van der Waals surface area contributed by atoms with E-state index in [1.54, 1.807) is 24.3 Å². The predicted molar refractivity (Wildman–Crippen MR) is 93.5 cm³/mol. The van der Waals surface area contributed by atoms with Crippen LogP contribution < -0.4 is 0 Å². The van der Waals surface area contributed by atoms with Gasteiger partial charge in [0.15, 0.2) is 5.69 Å². The fraction of sp³-hybridized carbons (Fsp3) is 0.158. The second-order valence-corrected chi connectivity index (χ2v) is 7.66. The first-order chi connectivity index (χ1) is 11.9. The fourth-order valence-corrected chi connectivity index (χ4v) is 4.01. The van der Waals surface area contributed by atoms with Crippen molar-refractivity contribution < 1.29 is 12.8 Å². The lowest BCUT2D eigenvalue weighted by molar-refractivity contribution is 0.456. The smallest absolute Gasteiger partial charge is 0.257 e. The summed E-state index contributed by atoms with van der Waals surface area (Å²) >= 11 is 0. The predicted octanol–water partition coefficient (Wildman–Crippen LogP) is 3.80. The largest absolute Gasteiger partial charge is 0.423 e. The lowest BCUT2D eigenvalue weighted by Crippen LogP contribution is -2.06. The molecule has 25 heavy (non-hydrogen) atoms. The average Bonchev–Trinajstić information content (AvgIpc) is 3.02. The van der Waals surface area contributed by atoms with E-state index in [1.165, 1.54) is 0 Å². The molecule has 3 rings (SSSR count). The molecule has 2 aromatic carbocycles. The van der Waals surface area contributed by atoms with E-state index in [4.69, 9.17) is 4.42 Å². The third kappa shape index (κ3) is 3.32. The first-order valence-corrected chi connectivity index (χ1v) is 9.32. The molecule has 0 saturated heterocycles. The second kappa shape index (κ2) is 6.54. The van der Waals surface area contributed by atoms with E-state index in [0.717, 1.165) is 11.1 Å². The molecule has 1 heterocycles. The van der Waals surface area contributed by atoms with Crippen LogP contribution in [0.5, 0.6) is 0 Å². The molecule has 126 valence electrons. The summed E-state index contributed by atoms with van der Waals surface area (Å²) in [4.78, 5) is 4.08. The van der Waals surface area contributed by atoms with Crippen LogP contribution in [0.25, 0.3) is 11.5 Å². The van der Waals surface area contributed by atoms with Crippen LogP contribution in [0.2, 0.25) is 0 Å². The van der Waals surface area contributed by atoms with Crippen LogP contribution in [-0.4, -0.2) is 13.4 Å². The Bertz CT molecular complexity index is 1080. The highest BCUT2D eigenvalue weighted by Gasteiger charge is 2.28. The monoisotopic (exact) mass is 352 g/mol. The SMILES string of the molecule is Cc1ccccc1CS(=O)(=O)c1oc(-c2ccccc2C)nc1C#N. The van der Waals surface area contributed by atoms with Crippen LogP contribution in [0.15, 0.2) is 58.0 Å². The first-order valence-electron chi connectivity index (χ1n) is 7.66. The van der Waals surface area contributed by atoms with E-state index < -0.39 is 9.84 Å². The second-order valence-electron chi connectivity index (χ2n) is 5.77. The molecular formula is C19H16N2O3S. The van der Waals surface area contributed by atoms with Gasteiger partial charge in [-0.3, -0.25) is 0 Å². The third-order valence-corrected chi connectivity index (χ3v) is 5.50. The molecular weight excluding hydrogens is 336 g/mol. The van der Waals surface area contributed by atoms with Gasteiger partial charge in [0.05, 0.1) is 5.75 Å². The van der Waals surface area contributed by atoms with Crippen LogP contribution in [0, 0.1) is 25.2 Å². The van der Waals surface area contributed by atoms with Gasteiger partial charge in [-0.05, 0) is 36.6 Å². The highest BCUT2D eigenvalue weighted by Crippen LogP contribution is 2.29. The minimum Gasteiger partial charge on any atom is -0.423 e. The van der Waals surface area contributed by atoms with Crippen molar-refractivity contribution in [3.63, 3.8) is 0 Å². The molecule has 0 atom stereocenters. The summed E-state index contributed by atoms with van der Waals surface area (Å²) in [6.45, 7) is 3.71.